The maximum absolute atomic E-state index is 14.7. The van der Waals surface area contributed by atoms with Crippen molar-refractivity contribution in [1.82, 2.24) is 10.1 Å². The second kappa shape index (κ2) is 9.71. The number of carbonyl (C=O) groups excluding carboxylic acids is 2. The van der Waals surface area contributed by atoms with Gasteiger partial charge in [0.15, 0.2) is 16.7 Å². The van der Waals surface area contributed by atoms with Gasteiger partial charge in [-0.05, 0) is 43.5 Å². The number of ether oxygens (including phenoxy) is 2. The van der Waals surface area contributed by atoms with Crippen LogP contribution in [0, 0.1) is 11.7 Å². The van der Waals surface area contributed by atoms with Crippen molar-refractivity contribution in [3.63, 3.8) is 0 Å². The Bertz CT molecular complexity index is 1670. The van der Waals surface area contributed by atoms with Gasteiger partial charge in [-0.15, -0.1) is 0 Å². The third kappa shape index (κ3) is 4.24. The maximum Gasteiger partial charge on any atom is 0.344 e. The Hall–Kier alpha value is -3.21. The van der Waals surface area contributed by atoms with Crippen LogP contribution in [0.3, 0.4) is 0 Å². The van der Waals surface area contributed by atoms with Crippen LogP contribution >= 0.6 is 34.5 Å². The number of anilines is 1. The molecule has 3 atom stereocenters. The van der Waals surface area contributed by atoms with Crippen LogP contribution in [0.15, 0.2) is 34.9 Å². The predicted octanol–water partition coefficient (Wildman–Crippen LogP) is 6.89. The summed E-state index contributed by atoms with van der Waals surface area (Å²) in [6.45, 7) is 0.621. The summed E-state index contributed by atoms with van der Waals surface area (Å²) in [4.78, 5) is 32.2. The molecule has 12 heteroatoms. The van der Waals surface area contributed by atoms with Crippen molar-refractivity contribution in [2.24, 2.45) is 5.92 Å². The average molecular weight is 602 g/mol. The van der Waals surface area contributed by atoms with Crippen LogP contribution < -0.4 is 4.90 Å². The zero-order valence-electron chi connectivity index (χ0n) is 21.2. The Balaban J connectivity index is 1.11. The minimum absolute atomic E-state index is 0.0908. The zero-order chi connectivity index (χ0) is 27.7. The van der Waals surface area contributed by atoms with E-state index in [9.17, 15) is 14.0 Å². The van der Waals surface area contributed by atoms with E-state index >= 15 is 0 Å². The molecule has 2 bridgehead atoms. The van der Waals surface area contributed by atoms with E-state index in [1.807, 2.05) is 0 Å². The van der Waals surface area contributed by atoms with Crippen molar-refractivity contribution >= 4 is 61.8 Å². The molecule has 40 heavy (non-hydrogen) atoms. The second-order valence-electron chi connectivity index (χ2n) is 10.4. The van der Waals surface area contributed by atoms with E-state index in [1.165, 1.54) is 18.4 Å². The number of benzene rings is 2. The number of piperidine rings is 1. The fourth-order valence-corrected chi connectivity index (χ4v) is 7.51. The first-order chi connectivity index (χ1) is 19.3. The van der Waals surface area contributed by atoms with Gasteiger partial charge in [-0.1, -0.05) is 45.8 Å². The zero-order valence-corrected chi connectivity index (χ0v) is 23.5. The molecule has 2 saturated carbocycles. The number of rotatable bonds is 6. The molecule has 2 aromatic carbocycles. The molecule has 2 aromatic heterocycles. The van der Waals surface area contributed by atoms with E-state index in [2.05, 4.69) is 15.0 Å². The summed E-state index contributed by atoms with van der Waals surface area (Å²) in [5, 5.41) is 5.62. The third-order valence-electron chi connectivity index (χ3n) is 7.91. The number of halogens is 3. The van der Waals surface area contributed by atoms with Crippen molar-refractivity contribution in [2.45, 2.75) is 43.7 Å². The van der Waals surface area contributed by atoms with Crippen LogP contribution in [0.4, 0.5) is 9.52 Å². The van der Waals surface area contributed by atoms with Gasteiger partial charge in [0.1, 0.15) is 22.9 Å². The number of carbonyl (C=O) groups is 2. The van der Waals surface area contributed by atoms with Crippen molar-refractivity contribution < 1.29 is 28.0 Å². The maximum atomic E-state index is 14.7. The second-order valence-corrected chi connectivity index (χ2v) is 12.2. The summed E-state index contributed by atoms with van der Waals surface area (Å²) in [5.41, 5.74) is 1.42. The average Bonchev–Trinajstić information content (AvgIpc) is 3.26. The smallest absolute Gasteiger partial charge is 0.344 e. The Morgan fingerprint density at radius 3 is 2.60 bits per heavy atom. The summed E-state index contributed by atoms with van der Waals surface area (Å²) >= 11 is 14.2. The SMILES string of the molecule is COC(=O)c1cc(F)c2nc(N3C[C@@H]4C[C@H]3C[C@H]4OC(=O)c3c(-c4c(Cl)cccc4Cl)noc3C3CC3)sc2c1. The monoisotopic (exact) mass is 601 g/mol. The first-order valence-electron chi connectivity index (χ1n) is 12.9. The van der Waals surface area contributed by atoms with Gasteiger partial charge in [0.05, 0.1) is 27.4 Å². The molecule has 3 heterocycles. The lowest BCUT2D eigenvalue weighted by Gasteiger charge is -2.31. The highest BCUT2D eigenvalue weighted by atomic mass is 35.5. The first kappa shape index (κ1) is 25.7. The van der Waals surface area contributed by atoms with E-state index in [0.717, 1.165) is 25.3 Å². The minimum atomic E-state index is -0.599. The number of hydrogen-bond acceptors (Lipinski definition) is 9. The molecule has 3 aliphatic rings. The molecule has 1 saturated heterocycles. The van der Waals surface area contributed by atoms with Gasteiger partial charge < -0.3 is 18.9 Å². The van der Waals surface area contributed by atoms with E-state index in [0.29, 0.717) is 55.4 Å². The lowest BCUT2D eigenvalue weighted by Crippen LogP contribution is -2.39. The van der Waals surface area contributed by atoms with E-state index < -0.39 is 17.8 Å². The largest absolute Gasteiger partial charge is 0.465 e. The highest BCUT2D eigenvalue weighted by Crippen LogP contribution is 2.48. The molecule has 0 amide bonds. The van der Waals surface area contributed by atoms with Gasteiger partial charge in [-0.2, -0.15) is 0 Å². The van der Waals surface area contributed by atoms with Gasteiger partial charge in [0.2, 0.25) is 0 Å². The number of aromatic nitrogens is 2. The Labute approximate surface area is 241 Å². The number of fused-ring (bicyclic) bond motifs is 3. The molecule has 0 radical (unpaired) electrons. The highest BCUT2D eigenvalue weighted by molar-refractivity contribution is 7.22. The van der Waals surface area contributed by atoms with Gasteiger partial charge >= 0.3 is 11.9 Å². The number of methoxy groups -OCH3 is 1. The summed E-state index contributed by atoms with van der Waals surface area (Å²) in [6.07, 6.45) is 2.99. The topological polar surface area (TPSA) is 94.8 Å². The van der Waals surface area contributed by atoms with Crippen molar-refractivity contribution in [3.05, 3.63) is 63.1 Å². The van der Waals surface area contributed by atoms with Crippen molar-refractivity contribution in [3.8, 4) is 11.3 Å². The van der Waals surface area contributed by atoms with Crippen LogP contribution in [0.25, 0.3) is 21.5 Å². The fraction of sp³-hybridized carbons (Fsp3) is 0.357. The third-order valence-corrected chi connectivity index (χ3v) is 9.58. The Morgan fingerprint density at radius 1 is 1.15 bits per heavy atom. The number of hydrogen-bond donors (Lipinski definition) is 0. The lowest BCUT2D eigenvalue weighted by atomic mass is 10.0. The minimum Gasteiger partial charge on any atom is -0.465 e. The molecule has 206 valence electrons. The summed E-state index contributed by atoms with van der Waals surface area (Å²) in [7, 11) is 1.26. The van der Waals surface area contributed by atoms with Gasteiger partial charge in [0.25, 0.3) is 0 Å². The predicted molar refractivity (Wildman–Crippen MR) is 148 cm³/mol. The molecule has 8 nitrogen and oxygen atoms in total. The molecule has 4 aromatic rings. The number of thiazole rings is 1. The van der Waals surface area contributed by atoms with E-state index in [1.54, 1.807) is 24.3 Å². The molecule has 0 unspecified atom stereocenters. The van der Waals surface area contributed by atoms with Crippen LogP contribution in [0.2, 0.25) is 10.0 Å². The van der Waals surface area contributed by atoms with Crippen LogP contribution in [0.1, 0.15) is 58.1 Å². The van der Waals surface area contributed by atoms with Gasteiger partial charge in [0, 0.05) is 36.4 Å². The summed E-state index contributed by atoms with van der Waals surface area (Å²) in [5.74, 6) is -0.920. The van der Waals surface area contributed by atoms with Crippen LogP contribution in [-0.2, 0) is 9.47 Å². The quantitative estimate of drug-likeness (QED) is 0.221. The molecule has 2 aliphatic carbocycles. The summed E-state index contributed by atoms with van der Waals surface area (Å²) < 4.78 is 31.7. The normalized spacial score (nSPS) is 21.8. The Kier molecular flexibility index (Phi) is 6.25. The number of nitrogens with zero attached hydrogens (tertiary/aromatic N) is 3. The van der Waals surface area contributed by atoms with Crippen LogP contribution in [-0.4, -0.2) is 47.9 Å². The summed E-state index contributed by atoms with van der Waals surface area (Å²) in [6, 6.07) is 7.95. The highest BCUT2D eigenvalue weighted by Gasteiger charge is 2.48. The molecule has 0 spiro atoms. The van der Waals surface area contributed by atoms with Crippen molar-refractivity contribution in [1.29, 1.82) is 0 Å². The molecule has 1 aliphatic heterocycles. The van der Waals surface area contributed by atoms with Crippen LogP contribution in [0.5, 0.6) is 0 Å². The molecular formula is C28H22Cl2FN3O5S. The Morgan fingerprint density at radius 2 is 1.93 bits per heavy atom. The molecule has 0 N–H and O–H groups in total. The van der Waals surface area contributed by atoms with Crippen molar-refractivity contribution in [2.75, 3.05) is 18.6 Å². The molecule has 7 rings (SSSR count). The van der Waals surface area contributed by atoms with E-state index in [4.69, 9.17) is 37.2 Å². The van der Waals surface area contributed by atoms with E-state index in [-0.39, 0.29) is 35.1 Å². The number of esters is 2. The molecular weight excluding hydrogens is 580 g/mol. The fourth-order valence-electron chi connectivity index (χ4n) is 5.84. The lowest BCUT2D eigenvalue weighted by molar-refractivity contribution is 0.0191. The van der Waals surface area contributed by atoms with Gasteiger partial charge in [-0.3, -0.25) is 0 Å². The van der Waals surface area contributed by atoms with Gasteiger partial charge in [-0.25, -0.2) is 19.0 Å². The first-order valence-corrected chi connectivity index (χ1v) is 14.5. The standard InChI is InChI=1S/C28H22Cl2FN3O5S/c1-37-26(35)13-8-18(31)23-20(9-13)40-28(32-23)34-11-14-7-15(34)10-19(14)38-27(36)22-24(33-39-25(22)12-5-6-12)21-16(29)3-2-4-17(21)30/h2-4,8-9,12,14-15,19H,5-7,10-11H2,1H3/t14-,15-,19+/m0/s1. The molecule has 3 fully saturated rings.